The van der Waals surface area contributed by atoms with Gasteiger partial charge in [0.1, 0.15) is 10.0 Å². The van der Waals surface area contributed by atoms with Crippen LogP contribution >= 0.6 is 11.6 Å². The topological polar surface area (TPSA) is 79.3 Å². The molecule has 0 radical (unpaired) electrons. The van der Waals surface area contributed by atoms with E-state index in [-0.39, 0.29) is 16.7 Å². The maximum Gasteiger partial charge on any atom is 0.244 e. The molecule has 18 heavy (non-hydrogen) atoms. The van der Waals surface area contributed by atoms with Crippen molar-refractivity contribution in [2.45, 2.75) is 36.1 Å². The quantitative estimate of drug-likeness (QED) is 0.820. The second kappa shape index (κ2) is 5.13. The Hall–Kier alpha value is -0.690. The highest BCUT2D eigenvalue weighted by molar-refractivity contribution is 7.89. The summed E-state index contributed by atoms with van der Waals surface area (Å²) in [5.74, 6) is 0. The standard InChI is InChI=1S/C11H15ClN2O3S/c12-10-9(4-3-7-13-10)18(16,17)14-11(8-15)5-1-2-6-11/h3-4,7,14-15H,1-2,5-6,8H2. The molecule has 1 fully saturated rings. The predicted molar refractivity (Wildman–Crippen MR) is 67.9 cm³/mol. The summed E-state index contributed by atoms with van der Waals surface area (Å²) in [6, 6.07) is 2.92. The zero-order valence-electron chi connectivity index (χ0n) is 9.76. The smallest absolute Gasteiger partial charge is 0.244 e. The lowest BCUT2D eigenvalue weighted by Gasteiger charge is -2.27. The average Bonchev–Trinajstić information content (AvgIpc) is 2.78. The largest absolute Gasteiger partial charge is 0.394 e. The molecule has 1 aliphatic rings. The van der Waals surface area contributed by atoms with Crippen LogP contribution < -0.4 is 4.72 Å². The van der Waals surface area contributed by atoms with Crippen molar-refractivity contribution in [1.82, 2.24) is 9.71 Å². The highest BCUT2D eigenvalue weighted by atomic mass is 35.5. The van der Waals surface area contributed by atoms with Crippen LogP contribution in [0.15, 0.2) is 23.2 Å². The van der Waals surface area contributed by atoms with Crippen molar-refractivity contribution in [2.24, 2.45) is 0 Å². The summed E-state index contributed by atoms with van der Waals surface area (Å²) in [6.07, 6.45) is 4.52. The molecule has 0 amide bonds. The van der Waals surface area contributed by atoms with E-state index in [2.05, 4.69) is 9.71 Å². The molecule has 0 atom stereocenters. The first-order valence-corrected chi connectivity index (χ1v) is 7.61. The molecule has 0 spiro atoms. The van der Waals surface area contributed by atoms with Crippen LogP contribution in [0.2, 0.25) is 5.15 Å². The first-order valence-electron chi connectivity index (χ1n) is 5.74. The average molecular weight is 291 g/mol. The van der Waals surface area contributed by atoms with E-state index >= 15 is 0 Å². The molecule has 0 unspecified atom stereocenters. The second-order valence-electron chi connectivity index (χ2n) is 4.54. The summed E-state index contributed by atoms with van der Waals surface area (Å²) >= 11 is 5.79. The van der Waals surface area contributed by atoms with Gasteiger partial charge in [0, 0.05) is 6.20 Å². The number of hydrogen-bond donors (Lipinski definition) is 2. The van der Waals surface area contributed by atoms with Crippen molar-refractivity contribution < 1.29 is 13.5 Å². The molecule has 1 aromatic heterocycles. The highest BCUT2D eigenvalue weighted by Crippen LogP contribution is 2.31. The SMILES string of the molecule is O=S(=O)(NC1(CO)CCCC1)c1cccnc1Cl. The van der Waals surface area contributed by atoms with Crippen LogP contribution in [0.5, 0.6) is 0 Å². The molecular formula is C11H15ClN2O3S. The van der Waals surface area contributed by atoms with E-state index in [0.29, 0.717) is 12.8 Å². The number of pyridine rings is 1. The number of aliphatic hydroxyl groups is 1. The summed E-state index contributed by atoms with van der Waals surface area (Å²) in [6.45, 7) is -0.204. The molecule has 7 heteroatoms. The lowest BCUT2D eigenvalue weighted by Crippen LogP contribution is -2.49. The van der Waals surface area contributed by atoms with Gasteiger partial charge in [-0.25, -0.2) is 18.1 Å². The summed E-state index contributed by atoms with van der Waals surface area (Å²) < 4.78 is 27.0. The fraction of sp³-hybridized carbons (Fsp3) is 0.545. The van der Waals surface area contributed by atoms with Gasteiger partial charge in [-0.3, -0.25) is 0 Å². The van der Waals surface area contributed by atoms with Gasteiger partial charge in [-0.05, 0) is 25.0 Å². The predicted octanol–water partition coefficient (Wildman–Crippen LogP) is 1.32. The van der Waals surface area contributed by atoms with Gasteiger partial charge in [-0.15, -0.1) is 0 Å². The maximum absolute atomic E-state index is 12.2. The Balaban J connectivity index is 2.30. The van der Waals surface area contributed by atoms with Crippen LogP contribution in [0.3, 0.4) is 0 Å². The summed E-state index contributed by atoms with van der Waals surface area (Å²) in [7, 11) is -3.75. The lowest BCUT2D eigenvalue weighted by atomic mass is 10.0. The van der Waals surface area contributed by atoms with Gasteiger partial charge in [0.2, 0.25) is 10.0 Å². The van der Waals surface area contributed by atoms with E-state index in [0.717, 1.165) is 12.8 Å². The van der Waals surface area contributed by atoms with Gasteiger partial charge in [0.25, 0.3) is 0 Å². The van der Waals surface area contributed by atoms with E-state index in [4.69, 9.17) is 11.6 Å². The first-order chi connectivity index (χ1) is 8.49. The third-order valence-electron chi connectivity index (χ3n) is 3.23. The number of rotatable bonds is 4. The first kappa shape index (κ1) is 13.7. The van der Waals surface area contributed by atoms with Gasteiger partial charge in [-0.2, -0.15) is 0 Å². The molecule has 0 aliphatic heterocycles. The zero-order valence-corrected chi connectivity index (χ0v) is 11.3. The normalized spacial score (nSPS) is 19.0. The Kier molecular flexibility index (Phi) is 3.91. The number of halogens is 1. The third kappa shape index (κ3) is 2.66. The molecule has 1 aromatic rings. The van der Waals surface area contributed by atoms with Crippen molar-refractivity contribution in [2.75, 3.05) is 6.61 Å². The minimum atomic E-state index is -3.75. The van der Waals surface area contributed by atoms with E-state index in [1.807, 2.05) is 0 Å². The van der Waals surface area contributed by atoms with Crippen molar-refractivity contribution in [3.63, 3.8) is 0 Å². The number of aliphatic hydroxyl groups excluding tert-OH is 1. The Morgan fingerprint density at radius 2 is 2.11 bits per heavy atom. The van der Waals surface area contributed by atoms with Crippen LogP contribution in [-0.2, 0) is 10.0 Å². The highest BCUT2D eigenvalue weighted by Gasteiger charge is 2.38. The minimum absolute atomic E-state index is 0.0496. The molecule has 1 aliphatic carbocycles. The summed E-state index contributed by atoms with van der Waals surface area (Å²) in [5, 5.41) is 9.36. The van der Waals surface area contributed by atoms with Crippen molar-refractivity contribution in [3.8, 4) is 0 Å². The fourth-order valence-corrected chi connectivity index (χ4v) is 4.16. The van der Waals surface area contributed by atoms with Crippen molar-refractivity contribution in [1.29, 1.82) is 0 Å². The van der Waals surface area contributed by atoms with Gasteiger partial charge in [0.05, 0.1) is 12.1 Å². The van der Waals surface area contributed by atoms with Crippen molar-refractivity contribution >= 4 is 21.6 Å². The molecule has 0 aromatic carbocycles. The van der Waals surface area contributed by atoms with E-state index < -0.39 is 15.6 Å². The fourth-order valence-electron chi connectivity index (χ4n) is 2.26. The molecule has 0 saturated heterocycles. The van der Waals surface area contributed by atoms with Gasteiger partial charge >= 0.3 is 0 Å². The van der Waals surface area contributed by atoms with Gasteiger partial charge in [-0.1, -0.05) is 24.4 Å². The van der Waals surface area contributed by atoms with Crippen LogP contribution in [-0.4, -0.2) is 30.7 Å². The van der Waals surface area contributed by atoms with Gasteiger partial charge in [0.15, 0.2) is 0 Å². The van der Waals surface area contributed by atoms with Crippen LogP contribution in [0.25, 0.3) is 0 Å². The molecule has 2 N–H and O–H groups in total. The molecule has 0 bridgehead atoms. The van der Waals surface area contributed by atoms with Crippen LogP contribution in [0, 0.1) is 0 Å². The Morgan fingerprint density at radius 1 is 1.44 bits per heavy atom. The molecule has 5 nitrogen and oxygen atoms in total. The van der Waals surface area contributed by atoms with E-state index in [1.54, 1.807) is 0 Å². The summed E-state index contributed by atoms with van der Waals surface area (Å²) in [5.41, 5.74) is -0.752. The number of hydrogen-bond acceptors (Lipinski definition) is 4. The van der Waals surface area contributed by atoms with E-state index in [9.17, 15) is 13.5 Å². The Bertz CT molecular complexity index is 527. The Morgan fingerprint density at radius 3 is 2.67 bits per heavy atom. The molecule has 1 heterocycles. The third-order valence-corrected chi connectivity index (χ3v) is 5.25. The van der Waals surface area contributed by atoms with Gasteiger partial charge < -0.3 is 5.11 Å². The molecule has 2 rings (SSSR count). The zero-order chi connectivity index (χ0) is 13.2. The lowest BCUT2D eigenvalue weighted by molar-refractivity contribution is 0.185. The maximum atomic E-state index is 12.2. The number of nitrogens with one attached hydrogen (secondary N) is 1. The number of nitrogens with zero attached hydrogens (tertiary/aromatic N) is 1. The van der Waals surface area contributed by atoms with E-state index in [1.165, 1.54) is 18.3 Å². The molecular weight excluding hydrogens is 276 g/mol. The molecule has 1 saturated carbocycles. The number of aromatic nitrogens is 1. The van der Waals surface area contributed by atoms with Crippen LogP contribution in [0.1, 0.15) is 25.7 Å². The Labute approximate surface area is 111 Å². The van der Waals surface area contributed by atoms with Crippen molar-refractivity contribution in [3.05, 3.63) is 23.5 Å². The minimum Gasteiger partial charge on any atom is -0.394 e. The molecule has 100 valence electrons. The second-order valence-corrected chi connectivity index (χ2v) is 6.55. The number of sulfonamides is 1. The monoisotopic (exact) mass is 290 g/mol. The summed E-state index contributed by atoms with van der Waals surface area (Å²) in [4.78, 5) is 3.70. The van der Waals surface area contributed by atoms with Crippen LogP contribution in [0.4, 0.5) is 0 Å².